The van der Waals surface area contributed by atoms with Crippen LogP contribution in [0.2, 0.25) is 0 Å². The average Bonchev–Trinajstić information content (AvgIpc) is 1.59. The number of nitriles is 1. The van der Waals surface area contributed by atoms with Crippen LogP contribution in [0.15, 0.2) is 0 Å². The normalized spacial score (nSPS) is 10.8. The van der Waals surface area contributed by atoms with Crippen LogP contribution in [0.25, 0.3) is 0 Å². The third-order valence-electron chi connectivity index (χ3n) is 0.520. The molecule has 0 aromatic heterocycles. The maximum atomic E-state index is 11.7. The Balaban J connectivity index is 3.28. The van der Waals surface area contributed by atoms with Crippen molar-refractivity contribution in [1.82, 2.24) is 0 Å². The molecule has 0 amide bonds. The van der Waals surface area contributed by atoms with Crippen LogP contribution in [-0.4, -0.2) is 4.83 Å². The van der Waals surface area contributed by atoms with Crippen LogP contribution >= 0.6 is 15.9 Å². The molecule has 0 saturated carbocycles. The van der Waals surface area contributed by atoms with Crippen LogP contribution < -0.4 is 0 Å². The van der Waals surface area contributed by atoms with Gasteiger partial charge in [0.05, 0.1) is 6.07 Å². The van der Waals surface area contributed by atoms with Crippen molar-refractivity contribution in [2.75, 3.05) is 0 Å². The molecule has 8 heavy (non-hydrogen) atoms. The van der Waals surface area contributed by atoms with Gasteiger partial charge in [-0.25, -0.2) is 0 Å². The van der Waals surface area contributed by atoms with E-state index >= 15 is 0 Å². The highest BCUT2D eigenvalue weighted by Gasteiger charge is 2.22. The Morgan fingerprint density at radius 3 is 2.25 bits per heavy atom. The second-order valence-corrected chi connectivity index (χ2v) is 2.43. The average molecular weight is 184 g/mol. The number of alkyl halides is 3. The fourth-order valence-corrected chi connectivity index (χ4v) is 0.396. The van der Waals surface area contributed by atoms with E-state index in [1.165, 1.54) is 0 Å². The number of halogens is 3. The van der Waals surface area contributed by atoms with E-state index in [2.05, 4.69) is 15.9 Å². The zero-order valence-corrected chi connectivity index (χ0v) is 5.58. The van der Waals surface area contributed by atoms with Gasteiger partial charge in [0.1, 0.15) is 0 Å². The molecule has 0 spiro atoms. The number of hydrogen-bond acceptors (Lipinski definition) is 1. The Morgan fingerprint density at radius 1 is 1.62 bits per heavy atom. The first kappa shape index (κ1) is 7.83. The molecule has 46 valence electrons. The van der Waals surface area contributed by atoms with E-state index in [1.54, 1.807) is 6.07 Å². The standard InChI is InChI=1S/C4H4BrF2N/c5-4(6,7)2-1-3-8/h1-2H2. The molecular formula is C4H4BrF2N. The van der Waals surface area contributed by atoms with Crippen molar-refractivity contribution in [2.45, 2.75) is 17.7 Å². The molecule has 1 nitrogen and oxygen atoms in total. The number of rotatable bonds is 2. The first-order valence-corrected chi connectivity index (χ1v) is 2.79. The monoisotopic (exact) mass is 183 g/mol. The van der Waals surface area contributed by atoms with Gasteiger partial charge < -0.3 is 0 Å². The number of nitrogens with zero attached hydrogens (tertiary/aromatic N) is 1. The minimum absolute atomic E-state index is 0.113. The largest absolute Gasteiger partial charge is 0.302 e. The zero-order valence-electron chi connectivity index (χ0n) is 4.00. The summed E-state index contributed by atoms with van der Waals surface area (Å²) in [6.07, 6.45) is -0.526. The van der Waals surface area contributed by atoms with Gasteiger partial charge in [0.15, 0.2) is 0 Å². The molecule has 4 heteroatoms. The molecule has 0 radical (unpaired) electrons. The first-order chi connectivity index (χ1) is 3.56. The van der Waals surface area contributed by atoms with Gasteiger partial charge in [0.2, 0.25) is 0 Å². The van der Waals surface area contributed by atoms with Crippen molar-refractivity contribution >= 4 is 15.9 Å². The van der Waals surface area contributed by atoms with E-state index in [4.69, 9.17) is 5.26 Å². The Morgan fingerprint density at radius 2 is 2.12 bits per heavy atom. The quantitative estimate of drug-likeness (QED) is 0.603. The molecule has 0 saturated heterocycles. The molecule has 0 aliphatic carbocycles. The lowest BCUT2D eigenvalue weighted by atomic mass is 10.3. The van der Waals surface area contributed by atoms with Crippen LogP contribution in [0.1, 0.15) is 12.8 Å². The van der Waals surface area contributed by atoms with Crippen molar-refractivity contribution in [3.8, 4) is 6.07 Å². The lowest BCUT2D eigenvalue weighted by Crippen LogP contribution is -2.02. The van der Waals surface area contributed by atoms with Gasteiger partial charge in [-0.2, -0.15) is 14.0 Å². The predicted octanol–water partition coefficient (Wildman–Crippen LogP) is 2.28. The summed E-state index contributed by atoms with van der Waals surface area (Å²) in [5.74, 6) is 0. The van der Waals surface area contributed by atoms with E-state index in [9.17, 15) is 8.78 Å². The molecule has 0 aliphatic heterocycles. The number of hydrogen-bond donors (Lipinski definition) is 0. The van der Waals surface area contributed by atoms with E-state index in [0.29, 0.717) is 0 Å². The van der Waals surface area contributed by atoms with Gasteiger partial charge in [-0.05, 0) is 15.9 Å². The molecule has 0 fully saturated rings. The molecule has 0 N–H and O–H groups in total. The second-order valence-electron chi connectivity index (χ2n) is 1.27. The fourth-order valence-electron chi connectivity index (χ4n) is 0.198. The van der Waals surface area contributed by atoms with Crippen molar-refractivity contribution < 1.29 is 8.78 Å². The van der Waals surface area contributed by atoms with Gasteiger partial charge in [0.25, 0.3) is 0 Å². The van der Waals surface area contributed by atoms with Crippen molar-refractivity contribution in [1.29, 1.82) is 5.26 Å². The third-order valence-corrected chi connectivity index (χ3v) is 0.917. The lowest BCUT2D eigenvalue weighted by Gasteiger charge is -2.01. The van der Waals surface area contributed by atoms with E-state index in [1.807, 2.05) is 0 Å². The fraction of sp³-hybridized carbons (Fsp3) is 0.750. The topological polar surface area (TPSA) is 23.8 Å². The Kier molecular flexibility index (Phi) is 2.91. The minimum Gasteiger partial charge on any atom is -0.198 e. The minimum atomic E-state index is -2.86. The molecule has 0 unspecified atom stereocenters. The Labute approximate surface area is 54.4 Å². The highest BCUT2D eigenvalue weighted by molar-refractivity contribution is 9.09. The summed E-state index contributed by atoms with van der Waals surface area (Å²) in [7, 11) is 0. The SMILES string of the molecule is N#CCCC(F)(F)Br. The molecule has 0 heterocycles. The smallest absolute Gasteiger partial charge is 0.198 e. The van der Waals surface area contributed by atoms with Crippen LogP contribution in [0.4, 0.5) is 8.78 Å². The Bertz CT molecular complexity index is 102. The van der Waals surface area contributed by atoms with Crippen molar-refractivity contribution in [2.24, 2.45) is 0 Å². The van der Waals surface area contributed by atoms with Gasteiger partial charge in [-0.15, -0.1) is 0 Å². The summed E-state index contributed by atoms with van der Waals surface area (Å²) in [6, 6.07) is 1.61. The highest BCUT2D eigenvalue weighted by Crippen LogP contribution is 2.26. The summed E-state index contributed by atoms with van der Waals surface area (Å²) >= 11 is 2.10. The van der Waals surface area contributed by atoms with Crippen LogP contribution in [0.3, 0.4) is 0 Å². The Hall–Kier alpha value is -0.170. The molecule has 0 atom stereocenters. The van der Waals surface area contributed by atoms with Gasteiger partial charge in [0, 0.05) is 12.8 Å². The van der Waals surface area contributed by atoms with Crippen molar-refractivity contribution in [3.05, 3.63) is 0 Å². The van der Waals surface area contributed by atoms with Gasteiger partial charge >= 0.3 is 4.83 Å². The second kappa shape index (κ2) is 2.98. The summed E-state index contributed by atoms with van der Waals surface area (Å²) in [5, 5.41) is 7.83. The van der Waals surface area contributed by atoms with E-state index in [-0.39, 0.29) is 6.42 Å². The van der Waals surface area contributed by atoms with Crippen LogP contribution in [0.5, 0.6) is 0 Å². The first-order valence-electron chi connectivity index (χ1n) is 2.00. The molecule has 0 aliphatic rings. The molecule has 0 aromatic rings. The van der Waals surface area contributed by atoms with Crippen molar-refractivity contribution in [3.63, 3.8) is 0 Å². The molecule has 0 bridgehead atoms. The summed E-state index contributed by atoms with van der Waals surface area (Å²) in [4.78, 5) is -2.86. The van der Waals surface area contributed by atoms with E-state index in [0.717, 1.165) is 0 Å². The summed E-state index contributed by atoms with van der Waals surface area (Å²) < 4.78 is 23.3. The predicted molar refractivity (Wildman–Crippen MR) is 28.7 cm³/mol. The summed E-state index contributed by atoms with van der Waals surface area (Å²) in [5.41, 5.74) is 0. The molecular weight excluding hydrogens is 180 g/mol. The van der Waals surface area contributed by atoms with Gasteiger partial charge in [-0.3, -0.25) is 0 Å². The van der Waals surface area contributed by atoms with Gasteiger partial charge in [-0.1, -0.05) is 0 Å². The third kappa shape index (κ3) is 5.83. The zero-order chi connectivity index (χ0) is 6.62. The summed E-state index contributed by atoms with van der Waals surface area (Å²) in [6.45, 7) is 0. The molecule has 0 rings (SSSR count). The highest BCUT2D eigenvalue weighted by atomic mass is 79.9. The maximum absolute atomic E-state index is 11.7. The van der Waals surface area contributed by atoms with E-state index < -0.39 is 11.3 Å². The lowest BCUT2D eigenvalue weighted by molar-refractivity contribution is 0.106. The maximum Gasteiger partial charge on any atom is 0.302 e. The van der Waals surface area contributed by atoms with Crippen LogP contribution in [-0.2, 0) is 0 Å². The molecule has 0 aromatic carbocycles. The van der Waals surface area contributed by atoms with Crippen LogP contribution in [0, 0.1) is 11.3 Å².